The Morgan fingerprint density at radius 3 is 2.88 bits per heavy atom. The fourth-order valence-electron chi connectivity index (χ4n) is 6.66. The summed E-state index contributed by atoms with van der Waals surface area (Å²) in [5.74, 6) is 1.38. The lowest BCUT2D eigenvalue weighted by molar-refractivity contribution is -0.120. The van der Waals surface area contributed by atoms with E-state index in [9.17, 15) is 9.59 Å². The molecule has 2 heterocycles. The number of nitrogens with two attached hydrogens (primary N) is 1. The van der Waals surface area contributed by atoms with Crippen LogP contribution in [0.15, 0.2) is 59.6 Å². The van der Waals surface area contributed by atoms with E-state index in [0.29, 0.717) is 25.2 Å². The summed E-state index contributed by atoms with van der Waals surface area (Å²) in [7, 11) is 0. The zero-order chi connectivity index (χ0) is 22.0. The molecule has 0 saturated heterocycles. The van der Waals surface area contributed by atoms with Crippen molar-refractivity contribution in [2.24, 2.45) is 23.0 Å². The monoisotopic (exact) mass is 428 g/mol. The molecule has 1 aromatic heterocycles. The zero-order valence-electron chi connectivity index (χ0n) is 18.3. The van der Waals surface area contributed by atoms with Gasteiger partial charge in [-0.25, -0.2) is 0 Å². The molecule has 3 aliphatic carbocycles. The summed E-state index contributed by atoms with van der Waals surface area (Å²) in [5, 5.41) is 2.20. The van der Waals surface area contributed by atoms with Crippen molar-refractivity contribution in [3.63, 3.8) is 0 Å². The molecule has 1 aromatic carbocycles. The second-order valence-electron chi connectivity index (χ2n) is 10.2. The molecule has 6 rings (SSSR count). The average Bonchev–Trinajstić information content (AvgIpc) is 3.08. The summed E-state index contributed by atoms with van der Waals surface area (Å²) < 4.78 is 6.55. The lowest BCUT2D eigenvalue weighted by atomic mass is 9.61. The van der Waals surface area contributed by atoms with Crippen molar-refractivity contribution >= 4 is 22.3 Å². The third kappa shape index (κ3) is 2.83. The van der Waals surface area contributed by atoms with Gasteiger partial charge in [-0.1, -0.05) is 25.1 Å². The minimum absolute atomic E-state index is 0.115. The topological polar surface area (TPSA) is 82.3 Å². The van der Waals surface area contributed by atoms with Gasteiger partial charge in [-0.3, -0.25) is 14.6 Å². The SMILES string of the molecule is C[C@]12CCC3=CC4=C(CC(CN)CC4=O)O[C@H]3[C@@H]1CC(=O)[C@@H]2c1ccc2cnccc2c1. The maximum atomic E-state index is 13.4. The summed E-state index contributed by atoms with van der Waals surface area (Å²) in [4.78, 5) is 30.3. The molecule has 5 heteroatoms. The molecule has 5 atom stereocenters. The van der Waals surface area contributed by atoms with Gasteiger partial charge < -0.3 is 10.5 Å². The normalized spacial score (nSPS) is 34.0. The maximum absolute atomic E-state index is 13.4. The first kappa shape index (κ1) is 19.9. The number of carbonyl (C=O) groups is 2. The quantitative estimate of drug-likeness (QED) is 0.774. The number of hydrogen-bond acceptors (Lipinski definition) is 5. The molecule has 2 fully saturated rings. The molecule has 32 heavy (non-hydrogen) atoms. The van der Waals surface area contributed by atoms with Gasteiger partial charge in [0, 0.05) is 48.9 Å². The van der Waals surface area contributed by atoms with Crippen LogP contribution in [0.25, 0.3) is 10.8 Å². The number of aromatic nitrogens is 1. The first-order valence-electron chi connectivity index (χ1n) is 11.7. The highest BCUT2D eigenvalue weighted by Crippen LogP contribution is 2.60. The Morgan fingerprint density at radius 1 is 1.16 bits per heavy atom. The predicted octanol–water partition coefficient (Wildman–Crippen LogP) is 4.22. The van der Waals surface area contributed by atoms with Gasteiger partial charge in [0.25, 0.3) is 0 Å². The molecule has 1 unspecified atom stereocenters. The molecule has 2 saturated carbocycles. The van der Waals surface area contributed by atoms with Crippen LogP contribution in [0, 0.1) is 17.3 Å². The Morgan fingerprint density at radius 2 is 2.03 bits per heavy atom. The molecule has 164 valence electrons. The van der Waals surface area contributed by atoms with Crippen LogP contribution in [0.5, 0.6) is 0 Å². The van der Waals surface area contributed by atoms with Gasteiger partial charge in [0.05, 0.1) is 5.57 Å². The highest BCUT2D eigenvalue weighted by Gasteiger charge is 2.58. The number of rotatable bonds is 2. The van der Waals surface area contributed by atoms with E-state index in [2.05, 4.69) is 36.2 Å². The van der Waals surface area contributed by atoms with Gasteiger partial charge in [0.15, 0.2) is 5.78 Å². The Balaban J connectivity index is 1.36. The largest absolute Gasteiger partial charge is 0.489 e. The minimum atomic E-state index is -0.163. The van der Waals surface area contributed by atoms with Gasteiger partial charge in [0.2, 0.25) is 0 Å². The number of fused-ring (bicyclic) bond motifs is 4. The summed E-state index contributed by atoms with van der Waals surface area (Å²) in [5.41, 5.74) is 8.73. The first-order valence-corrected chi connectivity index (χ1v) is 11.7. The number of ketones is 2. The van der Waals surface area contributed by atoms with E-state index in [1.807, 2.05) is 12.3 Å². The molecular formula is C27H28N2O3. The number of benzene rings is 1. The van der Waals surface area contributed by atoms with Crippen molar-refractivity contribution in [3.8, 4) is 0 Å². The van der Waals surface area contributed by atoms with Crippen molar-refractivity contribution < 1.29 is 14.3 Å². The number of allylic oxidation sites excluding steroid dienone is 3. The second-order valence-corrected chi connectivity index (χ2v) is 10.2. The van der Waals surface area contributed by atoms with Crippen LogP contribution in [-0.4, -0.2) is 29.2 Å². The van der Waals surface area contributed by atoms with Crippen LogP contribution in [0.1, 0.15) is 50.5 Å². The number of ether oxygens (including phenoxy) is 1. The van der Waals surface area contributed by atoms with Gasteiger partial charge >= 0.3 is 0 Å². The number of hydrogen-bond donors (Lipinski definition) is 1. The van der Waals surface area contributed by atoms with E-state index in [0.717, 1.165) is 46.9 Å². The summed E-state index contributed by atoms with van der Waals surface area (Å²) in [6.07, 6.45) is 9.16. The summed E-state index contributed by atoms with van der Waals surface area (Å²) >= 11 is 0. The standard InChI is InChI=1S/C27H28N2O3/c1-27-6-4-18-11-20-22(30)8-15(13-28)9-24(20)32-26(18)21(27)12-23(31)25(27)17-2-3-19-14-29-7-5-16(19)10-17/h2-3,5,7,10-11,14-15,21,25-26H,4,6,8-9,12-13,28H2,1H3/t15?,21-,25-,26+,27-/m0/s1. The zero-order valence-corrected chi connectivity index (χ0v) is 18.3. The average molecular weight is 429 g/mol. The van der Waals surface area contributed by atoms with E-state index in [-0.39, 0.29) is 35.1 Å². The highest BCUT2D eigenvalue weighted by molar-refractivity contribution is 6.00. The number of nitrogens with zero attached hydrogens (tertiary/aromatic N) is 1. The maximum Gasteiger partial charge on any atom is 0.166 e. The molecule has 0 bridgehead atoms. The second kappa shape index (κ2) is 7.11. The lowest BCUT2D eigenvalue weighted by Crippen LogP contribution is -2.44. The smallest absolute Gasteiger partial charge is 0.166 e. The summed E-state index contributed by atoms with van der Waals surface area (Å²) in [6, 6.07) is 8.34. The highest BCUT2D eigenvalue weighted by atomic mass is 16.5. The van der Waals surface area contributed by atoms with E-state index >= 15 is 0 Å². The van der Waals surface area contributed by atoms with E-state index in [1.54, 1.807) is 6.20 Å². The van der Waals surface area contributed by atoms with Crippen molar-refractivity contribution in [2.45, 2.75) is 51.0 Å². The van der Waals surface area contributed by atoms with Crippen molar-refractivity contribution in [2.75, 3.05) is 6.54 Å². The fraction of sp³-hybridized carbons (Fsp3) is 0.444. The summed E-state index contributed by atoms with van der Waals surface area (Å²) in [6.45, 7) is 2.76. The van der Waals surface area contributed by atoms with Crippen LogP contribution in [-0.2, 0) is 14.3 Å². The van der Waals surface area contributed by atoms with Crippen molar-refractivity contribution in [1.29, 1.82) is 0 Å². The fourth-order valence-corrected chi connectivity index (χ4v) is 6.66. The van der Waals surface area contributed by atoms with Gasteiger partial charge in [-0.2, -0.15) is 0 Å². The molecule has 4 aliphatic rings. The van der Waals surface area contributed by atoms with Gasteiger partial charge in [-0.05, 0) is 59.4 Å². The Kier molecular flexibility index (Phi) is 4.41. The molecule has 0 amide bonds. The molecule has 2 aromatic rings. The van der Waals surface area contributed by atoms with Gasteiger partial charge in [-0.15, -0.1) is 0 Å². The number of pyridine rings is 1. The third-order valence-electron chi connectivity index (χ3n) is 8.41. The molecule has 2 N–H and O–H groups in total. The minimum Gasteiger partial charge on any atom is -0.489 e. The first-order chi connectivity index (χ1) is 15.5. The molecule has 0 spiro atoms. The third-order valence-corrected chi connectivity index (χ3v) is 8.41. The molecular weight excluding hydrogens is 400 g/mol. The van der Waals surface area contributed by atoms with Crippen LogP contribution < -0.4 is 5.73 Å². The van der Waals surface area contributed by atoms with Crippen LogP contribution in [0.3, 0.4) is 0 Å². The van der Waals surface area contributed by atoms with Crippen molar-refractivity contribution in [3.05, 3.63) is 65.2 Å². The van der Waals surface area contributed by atoms with Crippen LogP contribution >= 0.6 is 0 Å². The van der Waals surface area contributed by atoms with Crippen molar-refractivity contribution in [1.82, 2.24) is 4.98 Å². The van der Waals surface area contributed by atoms with Crippen LogP contribution in [0.4, 0.5) is 0 Å². The lowest BCUT2D eigenvalue weighted by Gasteiger charge is -2.47. The van der Waals surface area contributed by atoms with Crippen LogP contribution in [0.2, 0.25) is 0 Å². The van der Waals surface area contributed by atoms with E-state index in [1.165, 1.54) is 5.57 Å². The van der Waals surface area contributed by atoms with E-state index < -0.39 is 0 Å². The molecule has 5 nitrogen and oxygen atoms in total. The number of Topliss-reactive ketones (excluding diaryl/α,β-unsaturated/α-hetero) is 2. The Labute approximate surface area is 187 Å². The molecule has 0 radical (unpaired) electrons. The Bertz CT molecular complexity index is 1210. The van der Waals surface area contributed by atoms with E-state index in [4.69, 9.17) is 10.5 Å². The molecule has 1 aliphatic heterocycles. The number of carbonyl (C=O) groups excluding carboxylic acids is 2. The Hall–Kier alpha value is -2.79. The van der Waals surface area contributed by atoms with Gasteiger partial charge in [0.1, 0.15) is 17.6 Å². The predicted molar refractivity (Wildman–Crippen MR) is 122 cm³/mol.